The molecule has 2 unspecified atom stereocenters. The summed E-state index contributed by atoms with van der Waals surface area (Å²) in [5.74, 6) is 1.09. The van der Waals surface area contributed by atoms with Crippen molar-refractivity contribution in [3.8, 4) is 0 Å². The Kier molecular flexibility index (Phi) is 23.5. The third-order valence-corrected chi connectivity index (χ3v) is 7.53. The number of hydrogen-bond donors (Lipinski definition) is 1. The van der Waals surface area contributed by atoms with E-state index < -0.39 is 19.9 Å². The van der Waals surface area contributed by atoms with Crippen LogP contribution >= 0.6 is 35.5 Å². The number of phosphoric ester groups is 1. The first-order chi connectivity index (χ1) is 15.4. The van der Waals surface area contributed by atoms with Crippen LogP contribution in [0.2, 0.25) is 0 Å². The second kappa shape index (κ2) is 23.2. The Hall–Kier alpha value is 0.410. The summed E-state index contributed by atoms with van der Waals surface area (Å²) in [6, 6.07) is 0. The van der Waals surface area contributed by atoms with Gasteiger partial charge in [0, 0.05) is 18.0 Å². The maximum atomic E-state index is 11.7. The molecule has 0 bridgehead atoms. The van der Waals surface area contributed by atoms with Gasteiger partial charge in [-0.1, -0.05) is 106 Å². The first kappa shape index (κ1) is 32.4. The first-order valence-corrected chi connectivity index (χ1v) is 16.1. The summed E-state index contributed by atoms with van der Waals surface area (Å²) in [6.45, 7) is 3.51. The third kappa shape index (κ3) is 23.6. The number of phosphoric acid groups is 1. The molecule has 0 saturated carbocycles. The van der Waals surface area contributed by atoms with Crippen molar-refractivity contribution in [2.45, 2.75) is 110 Å². The lowest BCUT2D eigenvalue weighted by molar-refractivity contribution is -0.146. The molecule has 2 atom stereocenters. The first-order valence-electron chi connectivity index (χ1n) is 12.3. The van der Waals surface area contributed by atoms with Gasteiger partial charge in [0.25, 0.3) is 0 Å². The lowest BCUT2D eigenvalue weighted by atomic mass is 10.0. The second-order valence-corrected chi connectivity index (χ2v) is 11.6. The summed E-state index contributed by atoms with van der Waals surface area (Å²) in [5.41, 5.74) is 0. The molecule has 0 saturated heterocycles. The Bertz CT molecular complexity index is 483. The van der Waals surface area contributed by atoms with Crippen LogP contribution in [0.15, 0.2) is 0 Å². The largest absolute Gasteiger partial charge is 0.472 e. The van der Waals surface area contributed by atoms with E-state index in [1.165, 1.54) is 90.4 Å². The van der Waals surface area contributed by atoms with Crippen LogP contribution in [-0.2, 0) is 23.1 Å². The molecule has 0 fully saturated rings. The fourth-order valence-electron chi connectivity index (χ4n) is 3.33. The van der Waals surface area contributed by atoms with Gasteiger partial charge >= 0.3 is 13.8 Å². The second-order valence-electron chi connectivity index (χ2n) is 8.19. The molecule has 0 spiro atoms. The molecule has 9 heteroatoms. The molecule has 0 aliphatic rings. The molecule has 0 heterocycles. The molecule has 0 aliphatic heterocycles. The highest BCUT2D eigenvalue weighted by Gasteiger charge is 2.24. The van der Waals surface area contributed by atoms with Gasteiger partial charge in [0.2, 0.25) is 0 Å². The number of carbonyl (C=O) groups excluding carboxylic acids is 1. The van der Waals surface area contributed by atoms with Crippen molar-refractivity contribution < 1.29 is 28.0 Å². The van der Waals surface area contributed by atoms with E-state index in [0.29, 0.717) is 11.1 Å². The molecule has 192 valence electrons. The summed E-state index contributed by atoms with van der Waals surface area (Å²) in [7, 11) is -4.11. The zero-order valence-electron chi connectivity index (χ0n) is 20.2. The van der Waals surface area contributed by atoms with Gasteiger partial charge in [0.1, 0.15) is 6.10 Å². The Balaban J connectivity index is 3.63. The Labute approximate surface area is 209 Å². The third-order valence-electron chi connectivity index (χ3n) is 5.03. The van der Waals surface area contributed by atoms with Gasteiger partial charge in [0.15, 0.2) is 0 Å². The van der Waals surface area contributed by atoms with Gasteiger partial charge < -0.3 is 9.63 Å². The summed E-state index contributed by atoms with van der Waals surface area (Å²) >= 11 is 4.80. The zero-order valence-corrected chi connectivity index (χ0v) is 23.5. The predicted octanol–water partition coefficient (Wildman–Crippen LogP) is 7.66. The quantitative estimate of drug-likeness (QED) is 0.0561. The molecular weight excluding hydrogens is 515 g/mol. The van der Waals surface area contributed by atoms with Crippen LogP contribution in [0.1, 0.15) is 104 Å². The van der Waals surface area contributed by atoms with Crippen molar-refractivity contribution in [2.75, 3.05) is 30.0 Å². The van der Waals surface area contributed by atoms with Crippen LogP contribution in [0.25, 0.3) is 0 Å². The van der Waals surface area contributed by atoms with E-state index in [2.05, 4.69) is 22.9 Å². The molecule has 0 aromatic heterocycles. The standard InChI is InChI=1S/C23H46BrO6PS/c1-3-4-5-6-7-8-9-10-11-12-13-14-15-16-19-32-21-23(30-22(2)25)20-29-31(26,27)28-18-17-24/h23H,3-21H2,1-2H3,(H,26,27). The van der Waals surface area contributed by atoms with Crippen molar-refractivity contribution in [1.29, 1.82) is 0 Å². The minimum atomic E-state index is -4.11. The SMILES string of the molecule is CCCCCCCCCCCCCCCCSCC(COP(=O)(O)OCCBr)OC(C)=O. The molecule has 0 aromatic rings. The average Bonchev–Trinajstić information content (AvgIpc) is 2.75. The zero-order chi connectivity index (χ0) is 23.9. The number of carbonyl (C=O) groups is 1. The van der Waals surface area contributed by atoms with Crippen LogP contribution in [0.5, 0.6) is 0 Å². The Morgan fingerprint density at radius 3 is 1.88 bits per heavy atom. The summed E-state index contributed by atoms with van der Waals surface area (Å²) in [6.07, 6.45) is 18.2. The van der Waals surface area contributed by atoms with Gasteiger partial charge in [-0.3, -0.25) is 13.8 Å². The van der Waals surface area contributed by atoms with E-state index in [1.54, 1.807) is 11.8 Å². The monoisotopic (exact) mass is 560 g/mol. The molecule has 0 aromatic carbocycles. The number of ether oxygens (including phenoxy) is 1. The average molecular weight is 562 g/mol. The van der Waals surface area contributed by atoms with Crippen molar-refractivity contribution in [3.63, 3.8) is 0 Å². The topological polar surface area (TPSA) is 82.1 Å². The van der Waals surface area contributed by atoms with Crippen LogP contribution in [0, 0.1) is 0 Å². The number of halogens is 1. The van der Waals surface area contributed by atoms with Gasteiger partial charge in [-0.25, -0.2) is 4.57 Å². The maximum absolute atomic E-state index is 11.7. The highest BCUT2D eigenvalue weighted by atomic mass is 79.9. The van der Waals surface area contributed by atoms with Gasteiger partial charge in [-0.15, -0.1) is 0 Å². The van der Waals surface area contributed by atoms with Crippen molar-refractivity contribution in [3.05, 3.63) is 0 Å². The van der Waals surface area contributed by atoms with Crippen molar-refractivity contribution in [1.82, 2.24) is 0 Å². The molecule has 0 rings (SSSR count). The number of unbranched alkanes of at least 4 members (excludes halogenated alkanes) is 13. The number of esters is 1. The minimum Gasteiger partial charge on any atom is -0.459 e. The van der Waals surface area contributed by atoms with Crippen molar-refractivity contribution >= 4 is 41.5 Å². The molecule has 0 aliphatic carbocycles. The summed E-state index contributed by atoms with van der Waals surface area (Å²) in [4.78, 5) is 20.9. The fourth-order valence-corrected chi connectivity index (χ4v) is 5.49. The molecule has 1 N–H and O–H groups in total. The van der Waals surface area contributed by atoms with Gasteiger partial charge in [-0.05, 0) is 12.2 Å². The lowest BCUT2D eigenvalue weighted by Crippen LogP contribution is -2.25. The maximum Gasteiger partial charge on any atom is 0.472 e. The van der Waals surface area contributed by atoms with Gasteiger partial charge in [-0.2, -0.15) is 11.8 Å². The molecule has 6 nitrogen and oxygen atoms in total. The van der Waals surface area contributed by atoms with Crippen molar-refractivity contribution in [2.24, 2.45) is 0 Å². The fraction of sp³-hybridized carbons (Fsp3) is 0.957. The van der Waals surface area contributed by atoms with Crippen LogP contribution in [-0.4, -0.2) is 47.0 Å². The van der Waals surface area contributed by atoms with Crippen LogP contribution in [0.3, 0.4) is 0 Å². The van der Waals surface area contributed by atoms with E-state index in [9.17, 15) is 14.3 Å². The number of hydrogen-bond acceptors (Lipinski definition) is 6. The van der Waals surface area contributed by atoms with E-state index in [-0.39, 0.29) is 13.2 Å². The molecule has 32 heavy (non-hydrogen) atoms. The molecular formula is C23H46BrO6PS. The van der Waals surface area contributed by atoms with Gasteiger partial charge in [0.05, 0.1) is 13.2 Å². The lowest BCUT2D eigenvalue weighted by Gasteiger charge is -2.18. The minimum absolute atomic E-state index is 0.0693. The number of alkyl halides is 1. The predicted molar refractivity (Wildman–Crippen MR) is 139 cm³/mol. The van der Waals surface area contributed by atoms with E-state index in [1.807, 2.05) is 0 Å². The molecule has 0 radical (unpaired) electrons. The number of thioether (sulfide) groups is 1. The highest BCUT2D eigenvalue weighted by molar-refractivity contribution is 9.09. The normalized spacial score (nSPS) is 14.2. The Morgan fingerprint density at radius 2 is 1.41 bits per heavy atom. The van der Waals surface area contributed by atoms with E-state index >= 15 is 0 Å². The van der Waals surface area contributed by atoms with Crippen LogP contribution < -0.4 is 0 Å². The molecule has 0 amide bonds. The highest BCUT2D eigenvalue weighted by Crippen LogP contribution is 2.43. The summed E-state index contributed by atoms with van der Waals surface area (Å²) in [5, 5.41) is 0.434. The summed E-state index contributed by atoms with van der Waals surface area (Å²) < 4.78 is 26.6. The van der Waals surface area contributed by atoms with E-state index in [0.717, 1.165) is 12.2 Å². The smallest absolute Gasteiger partial charge is 0.459 e. The van der Waals surface area contributed by atoms with Crippen LogP contribution in [0.4, 0.5) is 0 Å². The number of rotatable bonds is 24. The Morgan fingerprint density at radius 1 is 0.906 bits per heavy atom. The van der Waals surface area contributed by atoms with E-state index in [4.69, 9.17) is 13.8 Å².